The van der Waals surface area contributed by atoms with Crippen LogP contribution in [0.4, 0.5) is 0 Å². The predicted octanol–water partition coefficient (Wildman–Crippen LogP) is 0.815. The Balaban J connectivity index is 1.92. The van der Waals surface area contributed by atoms with Gasteiger partial charge in [-0.3, -0.25) is 19.3 Å². The van der Waals surface area contributed by atoms with Crippen molar-refractivity contribution in [2.75, 3.05) is 6.54 Å². The van der Waals surface area contributed by atoms with E-state index < -0.39 is 5.91 Å². The monoisotopic (exact) mass is 299 g/mol. The summed E-state index contributed by atoms with van der Waals surface area (Å²) < 4.78 is 0. The molecule has 0 spiro atoms. The minimum absolute atomic E-state index is 0.246. The maximum absolute atomic E-state index is 11.9. The second-order valence-corrected chi connectivity index (χ2v) is 5.43. The number of likely N-dealkylation sites (tertiary alicyclic amines) is 1. The molecule has 2 atom stereocenters. The van der Waals surface area contributed by atoms with Crippen molar-refractivity contribution in [3.8, 4) is 6.07 Å². The van der Waals surface area contributed by atoms with Crippen LogP contribution in [0.3, 0.4) is 0 Å². The zero-order chi connectivity index (χ0) is 16.3. The molecule has 3 amide bonds. The lowest BCUT2D eigenvalue weighted by molar-refractivity contribution is -0.143. The van der Waals surface area contributed by atoms with Crippen LogP contribution in [0.5, 0.6) is 0 Å². The molecule has 0 aliphatic carbocycles. The zero-order valence-corrected chi connectivity index (χ0v) is 12.5. The van der Waals surface area contributed by atoms with Crippen molar-refractivity contribution in [1.29, 1.82) is 5.26 Å². The largest absolute Gasteiger partial charge is 0.350 e. The average Bonchev–Trinajstić information content (AvgIpc) is 2.71. The number of carbonyl (C=O) groups excluding carboxylic acids is 3. The molecular weight excluding hydrogens is 282 g/mol. The van der Waals surface area contributed by atoms with Crippen molar-refractivity contribution in [1.82, 2.24) is 10.2 Å². The Morgan fingerprint density at radius 1 is 1.27 bits per heavy atom. The van der Waals surface area contributed by atoms with Gasteiger partial charge in [-0.2, -0.15) is 5.26 Å². The van der Waals surface area contributed by atoms with Gasteiger partial charge >= 0.3 is 0 Å². The smallest absolute Gasteiger partial charge is 0.240 e. The van der Waals surface area contributed by atoms with Crippen LogP contribution in [-0.2, 0) is 20.9 Å². The highest BCUT2D eigenvalue weighted by atomic mass is 16.2. The first-order valence-corrected chi connectivity index (χ1v) is 7.05. The molecule has 6 nitrogen and oxygen atoms in total. The molecule has 0 unspecified atom stereocenters. The quantitative estimate of drug-likeness (QED) is 0.833. The van der Waals surface area contributed by atoms with E-state index in [2.05, 4.69) is 5.32 Å². The van der Waals surface area contributed by atoms with E-state index in [-0.39, 0.29) is 36.7 Å². The highest BCUT2D eigenvalue weighted by Crippen LogP contribution is 2.24. The SMILES string of the molecule is C[C@H]1C(=O)N(CC(=O)NCc2cccc(C#N)c2)C(=O)[C@@H]1C. The fourth-order valence-electron chi connectivity index (χ4n) is 2.33. The fraction of sp³-hybridized carbons (Fsp3) is 0.375. The maximum Gasteiger partial charge on any atom is 0.240 e. The number of amides is 3. The van der Waals surface area contributed by atoms with Crippen LogP contribution in [0.25, 0.3) is 0 Å². The van der Waals surface area contributed by atoms with E-state index in [1.54, 1.807) is 38.1 Å². The summed E-state index contributed by atoms with van der Waals surface area (Å²) in [5.41, 5.74) is 1.30. The first kappa shape index (κ1) is 15.7. The van der Waals surface area contributed by atoms with Crippen molar-refractivity contribution >= 4 is 17.7 Å². The van der Waals surface area contributed by atoms with Crippen LogP contribution in [-0.4, -0.2) is 29.2 Å². The van der Waals surface area contributed by atoms with Crippen LogP contribution in [0.1, 0.15) is 25.0 Å². The van der Waals surface area contributed by atoms with Gasteiger partial charge in [0.05, 0.1) is 11.6 Å². The number of nitrogens with one attached hydrogen (secondary N) is 1. The van der Waals surface area contributed by atoms with Crippen LogP contribution >= 0.6 is 0 Å². The summed E-state index contributed by atoms with van der Waals surface area (Å²) in [4.78, 5) is 36.7. The lowest BCUT2D eigenvalue weighted by atomic mass is 10.00. The maximum atomic E-state index is 11.9. The molecule has 1 saturated heterocycles. The molecule has 1 heterocycles. The third-order valence-electron chi connectivity index (χ3n) is 3.91. The first-order valence-electron chi connectivity index (χ1n) is 7.05. The van der Waals surface area contributed by atoms with E-state index in [0.29, 0.717) is 5.56 Å². The predicted molar refractivity (Wildman–Crippen MR) is 78.1 cm³/mol. The third kappa shape index (κ3) is 3.14. The van der Waals surface area contributed by atoms with Crippen molar-refractivity contribution < 1.29 is 14.4 Å². The molecule has 114 valence electrons. The zero-order valence-electron chi connectivity index (χ0n) is 12.5. The Labute approximate surface area is 128 Å². The summed E-state index contributed by atoms with van der Waals surface area (Å²) in [6.07, 6.45) is 0. The lowest BCUT2D eigenvalue weighted by Gasteiger charge is -2.14. The number of carbonyl (C=O) groups is 3. The van der Waals surface area contributed by atoms with E-state index in [0.717, 1.165) is 10.5 Å². The van der Waals surface area contributed by atoms with Crippen molar-refractivity contribution in [3.63, 3.8) is 0 Å². The lowest BCUT2D eigenvalue weighted by Crippen LogP contribution is -2.40. The molecule has 1 aromatic rings. The van der Waals surface area contributed by atoms with E-state index in [1.165, 1.54) is 0 Å². The van der Waals surface area contributed by atoms with Crippen LogP contribution in [0.15, 0.2) is 24.3 Å². The number of benzene rings is 1. The second kappa shape index (κ2) is 6.39. The third-order valence-corrected chi connectivity index (χ3v) is 3.91. The molecule has 1 aliphatic heterocycles. The number of nitriles is 1. The molecule has 2 rings (SSSR count). The molecule has 0 radical (unpaired) electrons. The Bertz CT molecular complexity index is 643. The Morgan fingerprint density at radius 3 is 2.50 bits per heavy atom. The summed E-state index contributed by atoms with van der Waals surface area (Å²) in [7, 11) is 0. The van der Waals surface area contributed by atoms with E-state index in [9.17, 15) is 14.4 Å². The van der Waals surface area contributed by atoms with Gasteiger partial charge in [0.25, 0.3) is 0 Å². The van der Waals surface area contributed by atoms with E-state index >= 15 is 0 Å². The van der Waals surface area contributed by atoms with Gasteiger partial charge in [0.1, 0.15) is 6.54 Å². The van der Waals surface area contributed by atoms with E-state index in [4.69, 9.17) is 5.26 Å². The molecular formula is C16H17N3O3. The first-order chi connectivity index (χ1) is 10.4. The molecule has 22 heavy (non-hydrogen) atoms. The average molecular weight is 299 g/mol. The van der Waals surface area contributed by atoms with Crippen LogP contribution in [0.2, 0.25) is 0 Å². The number of nitrogens with zero attached hydrogens (tertiary/aromatic N) is 2. The Hall–Kier alpha value is -2.68. The summed E-state index contributed by atoms with van der Waals surface area (Å²) in [6.45, 7) is 3.37. The van der Waals surface area contributed by atoms with Gasteiger partial charge in [-0.15, -0.1) is 0 Å². The van der Waals surface area contributed by atoms with Crippen molar-refractivity contribution in [2.45, 2.75) is 20.4 Å². The second-order valence-electron chi connectivity index (χ2n) is 5.43. The van der Waals surface area contributed by atoms with Gasteiger partial charge < -0.3 is 5.32 Å². The van der Waals surface area contributed by atoms with Gasteiger partial charge in [0.15, 0.2) is 0 Å². The topological polar surface area (TPSA) is 90.3 Å². The van der Waals surface area contributed by atoms with Gasteiger partial charge in [-0.05, 0) is 17.7 Å². The molecule has 1 N–H and O–H groups in total. The van der Waals surface area contributed by atoms with Gasteiger partial charge in [-0.25, -0.2) is 0 Å². The molecule has 0 aromatic heterocycles. The standard InChI is InChI=1S/C16H17N3O3/c1-10-11(2)16(22)19(15(10)21)9-14(20)18-8-13-5-3-4-12(6-13)7-17/h3-6,10-11H,8-9H2,1-2H3,(H,18,20)/t10-,11-/m1/s1. The van der Waals surface area contributed by atoms with Crippen LogP contribution < -0.4 is 5.32 Å². The summed E-state index contributed by atoms with van der Waals surface area (Å²) in [6, 6.07) is 8.90. The van der Waals surface area contributed by atoms with Gasteiger partial charge in [0.2, 0.25) is 17.7 Å². The van der Waals surface area contributed by atoms with Crippen LogP contribution in [0, 0.1) is 23.2 Å². The molecule has 6 heteroatoms. The number of hydrogen-bond donors (Lipinski definition) is 1. The molecule has 1 aliphatic rings. The highest BCUT2D eigenvalue weighted by Gasteiger charge is 2.42. The molecule has 0 saturated carbocycles. The molecule has 1 fully saturated rings. The van der Waals surface area contributed by atoms with Gasteiger partial charge in [-0.1, -0.05) is 26.0 Å². The van der Waals surface area contributed by atoms with Crippen molar-refractivity contribution in [2.24, 2.45) is 11.8 Å². The summed E-state index contributed by atoms with van der Waals surface area (Å²) >= 11 is 0. The van der Waals surface area contributed by atoms with E-state index in [1.807, 2.05) is 6.07 Å². The van der Waals surface area contributed by atoms with Crippen molar-refractivity contribution in [3.05, 3.63) is 35.4 Å². The summed E-state index contributed by atoms with van der Waals surface area (Å²) in [5, 5.41) is 11.5. The number of rotatable bonds is 4. The minimum atomic E-state index is -0.398. The molecule has 1 aromatic carbocycles. The normalized spacial score (nSPS) is 20.9. The fourth-order valence-corrected chi connectivity index (χ4v) is 2.33. The van der Waals surface area contributed by atoms with Gasteiger partial charge in [0, 0.05) is 18.4 Å². The summed E-state index contributed by atoms with van der Waals surface area (Å²) in [5.74, 6) is -1.77. The Kier molecular flexibility index (Phi) is 4.56. The number of hydrogen-bond acceptors (Lipinski definition) is 4. The molecule has 0 bridgehead atoms. The highest BCUT2D eigenvalue weighted by molar-refractivity contribution is 6.06. The Morgan fingerprint density at radius 2 is 1.91 bits per heavy atom. The minimum Gasteiger partial charge on any atom is -0.350 e. The number of imide groups is 1.